The number of piperidine rings is 1. The number of halogens is 4. The molecule has 0 saturated carbocycles. The van der Waals surface area contributed by atoms with Gasteiger partial charge in [-0.15, -0.1) is 0 Å². The molecule has 3 heterocycles. The van der Waals surface area contributed by atoms with Gasteiger partial charge in [0.05, 0.1) is 18.8 Å². The van der Waals surface area contributed by atoms with E-state index in [1.54, 1.807) is 4.90 Å². The van der Waals surface area contributed by atoms with Gasteiger partial charge in [-0.25, -0.2) is 8.78 Å². The zero-order chi connectivity index (χ0) is 27.9. The number of fused-ring (bicyclic) bond motifs is 2. The Morgan fingerprint density at radius 1 is 0.949 bits per heavy atom. The van der Waals surface area contributed by atoms with Crippen molar-refractivity contribution in [1.29, 1.82) is 0 Å². The van der Waals surface area contributed by atoms with E-state index in [2.05, 4.69) is 5.32 Å². The van der Waals surface area contributed by atoms with Crippen LogP contribution in [0.4, 0.5) is 23.2 Å². The Kier molecular flexibility index (Phi) is 7.37. The number of benzene rings is 2. The van der Waals surface area contributed by atoms with E-state index >= 15 is 8.78 Å². The van der Waals surface area contributed by atoms with Crippen LogP contribution in [0.25, 0.3) is 0 Å². The van der Waals surface area contributed by atoms with Crippen LogP contribution in [0.1, 0.15) is 47.2 Å². The summed E-state index contributed by atoms with van der Waals surface area (Å²) < 4.78 is 64.7. The van der Waals surface area contributed by atoms with Crippen LogP contribution in [-0.2, 0) is 20.2 Å². The second-order valence-corrected chi connectivity index (χ2v) is 10.4. The van der Waals surface area contributed by atoms with Crippen LogP contribution in [0.15, 0.2) is 36.4 Å². The molecule has 2 unspecified atom stereocenters. The van der Waals surface area contributed by atoms with Crippen LogP contribution in [-0.4, -0.2) is 65.9 Å². The van der Waals surface area contributed by atoms with Gasteiger partial charge in [0.25, 0.3) is 11.8 Å². The third-order valence-corrected chi connectivity index (χ3v) is 7.89. The number of alkyl halides is 2. The van der Waals surface area contributed by atoms with Crippen LogP contribution >= 0.6 is 0 Å². The molecule has 2 bridgehead atoms. The summed E-state index contributed by atoms with van der Waals surface area (Å²) in [5, 5.41) is 2.47. The minimum atomic E-state index is -4.23. The van der Waals surface area contributed by atoms with Crippen molar-refractivity contribution in [2.24, 2.45) is 5.92 Å². The van der Waals surface area contributed by atoms with Crippen molar-refractivity contribution in [3.63, 3.8) is 0 Å². The van der Waals surface area contributed by atoms with Gasteiger partial charge in [-0.2, -0.15) is 8.78 Å². The molecule has 3 amide bonds. The number of nitrogens with zero attached hydrogens (tertiary/aromatic N) is 2. The van der Waals surface area contributed by atoms with E-state index in [9.17, 15) is 23.2 Å². The van der Waals surface area contributed by atoms with E-state index in [-0.39, 0.29) is 41.5 Å². The molecule has 3 aliphatic heterocycles. The number of rotatable bonds is 5. The molecule has 3 aliphatic rings. The lowest BCUT2D eigenvalue weighted by Crippen LogP contribution is -2.54. The molecule has 0 aliphatic carbocycles. The summed E-state index contributed by atoms with van der Waals surface area (Å²) in [5.74, 6) is -8.77. The Morgan fingerprint density at radius 3 is 2.23 bits per heavy atom. The fourth-order valence-corrected chi connectivity index (χ4v) is 5.86. The molecule has 0 radical (unpaired) electrons. The first-order valence-corrected chi connectivity index (χ1v) is 13.0. The number of ether oxygens (including phenoxy) is 1. The minimum absolute atomic E-state index is 0.0461. The molecule has 3 saturated heterocycles. The average molecular weight is 548 g/mol. The third-order valence-electron chi connectivity index (χ3n) is 7.89. The lowest BCUT2D eigenvalue weighted by Gasteiger charge is -2.41. The molecule has 0 spiro atoms. The van der Waals surface area contributed by atoms with Crippen LogP contribution in [0.3, 0.4) is 0 Å². The Labute approximate surface area is 223 Å². The number of amides is 3. The molecule has 3 atom stereocenters. The lowest BCUT2D eigenvalue weighted by atomic mass is 9.88. The average Bonchev–Trinajstić information content (AvgIpc) is 3.18. The van der Waals surface area contributed by atoms with E-state index in [0.29, 0.717) is 45.2 Å². The molecule has 39 heavy (non-hydrogen) atoms. The smallest absolute Gasteiger partial charge is 0.352 e. The Morgan fingerprint density at radius 2 is 1.59 bits per heavy atom. The molecule has 11 heteroatoms. The number of aryl methyl sites for hydroxylation is 1. The molecule has 2 aromatic rings. The fraction of sp³-hybridized carbons (Fsp3) is 0.464. The highest BCUT2D eigenvalue weighted by Gasteiger charge is 2.54. The van der Waals surface area contributed by atoms with Crippen molar-refractivity contribution >= 4 is 23.4 Å². The number of carbonyl (C=O) groups excluding carboxylic acids is 3. The van der Waals surface area contributed by atoms with Gasteiger partial charge >= 0.3 is 5.92 Å². The minimum Gasteiger partial charge on any atom is -0.378 e. The first kappa shape index (κ1) is 27.1. The molecule has 7 nitrogen and oxygen atoms in total. The first-order valence-electron chi connectivity index (χ1n) is 13.0. The second kappa shape index (κ2) is 10.6. The summed E-state index contributed by atoms with van der Waals surface area (Å²) in [6, 6.07) is 5.18. The van der Waals surface area contributed by atoms with Crippen LogP contribution in [0.5, 0.6) is 0 Å². The zero-order valence-electron chi connectivity index (χ0n) is 21.4. The molecular weight excluding hydrogens is 518 g/mol. The van der Waals surface area contributed by atoms with E-state index in [4.69, 9.17) is 4.74 Å². The van der Waals surface area contributed by atoms with Gasteiger partial charge in [0, 0.05) is 42.3 Å². The summed E-state index contributed by atoms with van der Waals surface area (Å²) >= 11 is 0. The Bertz CT molecular complexity index is 1280. The first-order chi connectivity index (χ1) is 18.6. The van der Waals surface area contributed by atoms with Crippen LogP contribution in [0.2, 0.25) is 0 Å². The molecular formula is C28H29F4N3O4. The summed E-state index contributed by atoms with van der Waals surface area (Å²) in [5.41, 5.74) is -0.964. The van der Waals surface area contributed by atoms with Gasteiger partial charge in [0.2, 0.25) is 5.91 Å². The Hall–Kier alpha value is -3.47. The third kappa shape index (κ3) is 5.24. The molecule has 0 aromatic heterocycles. The highest BCUT2D eigenvalue weighted by atomic mass is 19.3. The maximum absolute atomic E-state index is 15.6. The highest BCUT2D eigenvalue weighted by molar-refractivity contribution is 6.04. The maximum Gasteiger partial charge on any atom is 0.352 e. The number of carbonyl (C=O) groups is 3. The van der Waals surface area contributed by atoms with Gasteiger partial charge in [0.1, 0.15) is 11.6 Å². The quantitative estimate of drug-likeness (QED) is 0.568. The van der Waals surface area contributed by atoms with Crippen molar-refractivity contribution < 1.29 is 36.7 Å². The summed E-state index contributed by atoms with van der Waals surface area (Å²) in [6.07, 6.45) is 1.52. The summed E-state index contributed by atoms with van der Waals surface area (Å²) in [4.78, 5) is 41.8. The van der Waals surface area contributed by atoms with Crippen LogP contribution < -0.4 is 5.32 Å². The largest absolute Gasteiger partial charge is 0.378 e. The van der Waals surface area contributed by atoms with E-state index in [1.165, 1.54) is 19.1 Å². The monoisotopic (exact) mass is 547 g/mol. The van der Waals surface area contributed by atoms with E-state index in [0.717, 1.165) is 23.1 Å². The number of morpholine rings is 1. The second-order valence-electron chi connectivity index (χ2n) is 10.4. The zero-order valence-corrected chi connectivity index (χ0v) is 21.4. The van der Waals surface area contributed by atoms with Gasteiger partial charge in [-0.1, -0.05) is 0 Å². The topological polar surface area (TPSA) is 79.0 Å². The standard InChI is InChI=1S/C28H29F4N3O4/c1-16-12-19(3-7-23(16)29)33-25(36)17-2-6-24(30)22(15-17)28(31,32)27(38)35-20-4-5-21(35)14-18(13-20)26(37)34-8-10-39-11-9-34/h2-3,6-7,12,15,18,20-21H,4-5,8-11,13-14H2,1H3,(H,33,36)/t18?,20-,21?/m1/s1. The normalized spacial score (nSPS) is 23.1. The number of hydrogen-bond donors (Lipinski definition) is 1. The molecule has 1 N–H and O–H groups in total. The predicted molar refractivity (Wildman–Crippen MR) is 133 cm³/mol. The van der Waals surface area contributed by atoms with Gasteiger partial charge < -0.3 is 19.9 Å². The van der Waals surface area contributed by atoms with Gasteiger partial charge in [-0.3, -0.25) is 14.4 Å². The van der Waals surface area contributed by atoms with E-state index < -0.39 is 47.0 Å². The van der Waals surface area contributed by atoms with Crippen molar-refractivity contribution in [3.05, 3.63) is 64.7 Å². The number of hydrogen-bond acceptors (Lipinski definition) is 4. The summed E-state index contributed by atoms with van der Waals surface area (Å²) in [6.45, 7) is 3.37. The molecule has 2 aromatic carbocycles. The molecule has 5 rings (SSSR count). The molecule has 3 fully saturated rings. The van der Waals surface area contributed by atoms with Crippen molar-refractivity contribution in [2.45, 2.75) is 50.6 Å². The summed E-state index contributed by atoms with van der Waals surface area (Å²) in [7, 11) is 0. The van der Waals surface area contributed by atoms with E-state index in [1.807, 2.05) is 0 Å². The van der Waals surface area contributed by atoms with Crippen molar-refractivity contribution in [2.75, 3.05) is 31.6 Å². The van der Waals surface area contributed by atoms with Gasteiger partial charge in [0.15, 0.2) is 0 Å². The SMILES string of the molecule is Cc1cc(NC(=O)c2ccc(F)c(C(F)(F)C(=O)N3C4CC[C@@H]3CC(C(=O)N3CCOCC3)C4)c2)ccc1F. The predicted octanol–water partition coefficient (Wildman–Crippen LogP) is 4.25. The highest BCUT2D eigenvalue weighted by Crippen LogP contribution is 2.43. The number of nitrogens with one attached hydrogen (secondary N) is 1. The fourth-order valence-electron chi connectivity index (χ4n) is 5.86. The lowest BCUT2D eigenvalue weighted by molar-refractivity contribution is -0.166. The Balaban J connectivity index is 1.32. The molecule has 208 valence electrons. The maximum atomic E-state index is 15.6. The van der Waals surface area contributed by atoms with Gasteiger partial charge in [-0.05, 0) is 74.6 Å². The van der Waals surface area contributed by atoms with Crippen LogP contribution in [0, 0.1) is 24.5 Å². The van der Waals surface area contributed by atoms with Crippen molar-refractivity contribution in [3.8, 4) is 0 Å². The van der Waals surface area contributed by atoms with Crippen molar-refractivity contribution in [1.82, 2.24) is 9.80 Å². The number of anilines is 1.